The Morgan fingerprint density at radius 3 is 2.48 bits per heavy atom. The van der Waals surface area contributed by atoms with Gasteiger partial charge in [-0.25, -0.2) is 0 Å². The van der Waals surface area contributed by atoms with Crippen LogP contribution in [0.3, 0.4) is 0 Å². The zero-order valence-electron chi connectivity index (χ0n) is 14.7. The molecule has 3 rings (SSSR count). The maximum Gasteiger partial charge on any atom is 0.119 e. The minimum absolute atomic E-state index is 0. The van der Waals surface area contributed by atoms with Crippen LogP contribution in [0.5, 0.6) is 5.75 Å². The summed E-state index contributed by atoms with van der Waals surface area (Å²) in [5.41, 5.74) is 1.41. The molecule has 0 saturated carbocycles. The lowest BCUT2D eigenvalue weighted by Gasteiger charge is -2.35. The highest BCUT2D eigenvalue weighted by Crippen LogP contribution is 2.30. The third-order valence-corrected chi connectivity index (χ3v) is 4.69. The second-order valence-corrected chi connectivity index (χ2v) is 6.14. The molecule has 5 heteroatoms. The SMILES string of the molecule is C=CCC[C@@H](c1ccc2cc(OC)ccc2c1)N1CCNCC1.Cl.Cl. The van der Waals surface area contributed by atoms with E-state index < -0.39 is 0 Å². The van der Waals surface area contributed by atoms with Gasteiger partial charge in [0.25, 0.3) is 0 Å². The summed E-state index contributed by atoms with van der Waals surface area (Å²) in [6, 6.07) is 13.6. The summed E-state index contributed by atoms with van der Waals surface area (Å²) in [6.07, 6.45) is 4.21. The van der Waals surface area contributed by atoms with Gasteiger partial charge in [-0.05, 0) is 47.4 Å². The molecule has 0 spiro atoms. The second kappa shape index (κ2) is 10.7. The van der Waals surface area contributed by atoms with Gasteiger partial charge in [0.2, 0.25) is 0 Å². The molecule has 1 saturated heterocycles. The molecule has 3 nitrogen and oxygen atoms in total. The molecule has 0 amide bonds. The number of fused-ring (bicyclic) bond motifs is 1. The van der Waals surface area contributed by atoms with Crippen molar-refractivity contribution in [3.05, 3.63) is 54.6 Å². The molecule has 0 unspecified atom stereocenters. The zero-order valence-corrected chi connectivity index (χ0v) is 16.4. The van der Waals surface area contributed by atoms with Crippen molar-refractivity contribution in [2.45, 2.75) is 18.9 Å². The lowest BCUT2D eigenvalue weighted by molar-refractivity contribution is 0.166. The van der Waals surface area contributed by atoms with Gasteiger partial charge in [-0.2, -0.15) is 0 Å². The number of halogens is 2. The van der Waals surface area contributed by atoms with Crippen LogP contribution in [0.2, 0.25) is 0 Å². The summed E-state index contributed by atoms with van der Waals surface area (Å²) in [7, 11) is 1.71. The number of rotatable bonds is 6. The Morgan fingerprint density at radius 1 is 1.12 bits per heavy atom. The van der Waals surface area contributed by atoms with Gasteiger partial charge in [0, 0.05) is 32.2 Å². The van der Waals surface area contributed by atoms with Crippen molar-refractivity contribution >= 4 is 35.6 Å². The molecule has 1 fully saturated rings. The van der Waals surface area contributed by atoms with Crippen LogP contribution >= 0.6 is 24.8 Å². The molecule has 0 aliphatic carbocycles. The summed E-state index contributed by atoms with van der Waals surface area (Å²) in [4.78, 5) is 2.60. The minimum Gasteiger partial charge on any atom is -0.497 e. The van der Waals surface area contributed by atoms with Crippen molar-refractivity contribution in [1.82, 2.24) is 10.2 Å². The van der Waals surface area contributed by atoms with E-state index in [9.17, 15) is 0 Å². The number of ether oxygens (including phenoxy) is 1. The summed E-state index contributed by atoms with van der Waals surface area (Å²) in [6.45, 7) is 8.28. The molecular formula is C20H28Cl2N2O. The molecule has 1 heterocycles. The largest absolute Gasteiger partial charge is 0.497 e. The predicted molar refractivity (Wildman–Crippen MR) is 112 cm³/mol. The Kier molecular flexibility index (Phi) is 9.30. The van der Waals surface area contributed by atoms with E-state index in [0.717, 1.165) is 44.8 Å². The number of hydrogen-bond acceptors (Lipinski definition) is 3. The Labute approximate surface area is 163 Å². The molecule has 0 radical (unpaired) electrons. The smallest absolute Gasteiger partial charge is 0.119 e. The van der Waals surface area contributed by atoms with Crippen LogP contribution in [0.25, 0.3) is 10.8 Å². The van der Waals surface area contributed by atoms with Gasteiger partial charge in [0.05, 0.1) is 7.11 Å². The molecular weight excluding hydrogens is 355 g/mol. The van der Waals surface area contributed by atoms with Crippen LogP contribution in [-0.2, 0) is 0 Å². The normalized spacial score (nSPS) is 15.7. The molecule has 1 aliphatic rings. The predicted octanol–water partition coefficient (Wildman–Crippen LogP) is 4.60. The van der Waals surface area contributed by atoms with E-state index in [1.165, 1.54) is 16.3 Å². The number of nitrogens with one attached hydrogen (secondary N) is 1. The summed E-state index contributed by atoms with van der Waals surface area (Å²) in [5.74, 6) is 0.913. The van der Waals surface area contributed by atoms with Gasteiger partial charge >= 0.3 is 0 Å². The molecule has 0 aromatic heterocycles. The van der Waals surface area contributed by atoms with Crippen molar-refractivity contribution in [3.8, 4) is 5.75 Å². The number of allylic oxidation sites excluding steroid dienone is 1. The average molecular weight is 383 g/mol. The van der Waals surface area contributed by atoms with Gasteiger partial charge < -0.3 is 10.1 Å². The monoisotopic (exact) mass is 382 g/mol. The first-order valence-corrected chi connectivity index (χ1v) is 8.45. The number of hydrogen-bond donors (Lipinski definition) is 1. The Balaban J connectivity index is 0.00000156. The number of nitrogens with zero attached hydrogens (tertiary/aromatic N) is 1. The van der Waals surface area contributed by atoms with Gasteiger partial charge in [0.1, 0.15) is 5.75 Å². The van der Waals surface area contributed by atoms with E-state index in [-0.39, 0.29) is 24.8 Å². The van der Waals surface area contributed by atoms with Crippen LogP contribution in [0, 0.1) is 0 Å². The fourth-order valence-electron chi connectivity index (χ4n) is 3.41. The van der Waals surface area contributed by atoms with E-state index in [2.05, 4.69) is 47.1 Å². The lowest BCUT2D eigenvalue weighted by atomic mass is 9.96. The number of methoxy groups -OCH3 is 1. The third kappa shape index (κ3) is 5.35. The first kappa shape index (κ1) is 21.8. The molecule has 1 aliphatic heterocycles. The maximum atomic E-state index is 5.32. The van der Waals surface area contributed by atoms with Crippen LogP contribution in [-0.4, -0.2) is 38.2 Å². The van der Waals surface area contributed by atoms with Gasteiger partial charge in [0.15, 0.2) is 0 Å². The lowest BCUT2D eigenvalue weighted by Crippen LogP contribution is -2.45. The number of piperazine rings is 1. The average Bonchev–Trinajstić information content (AvgIpc) is 2.62. The van der Waals surface area contributed by atoms with Crippen molar-refractivity contribution in [3.63, 3.8) is 0 Å². The fourth-order valence-corrected chi connectivity index (χ4v) is 3.41. The third-order valence-electron chi connectivity index (χ3n) is 4.69. The second-order valence-electron chi connectivity index (χ2n) is 6.14. The van der Waals surface area contributed by atoms with Crippen molar-refractivity contribution in [2.24, 2.45) is 0 Å². The van der Waals surface area contributed by atoms with Crippen LogP contribution in [0.4, 0.5) is 0 Å². The summed E-state index contributed by atoms with van der Waals surface area (Å²) in [5, 5.41) is 5.96. The molecule has 138 valence electrons. The quantitative estimate of drug-likeness (QED) is 0.738. The zero-order chi connectivity index (χ0) is 16.1. The standard InChI is InChI=1S/C20H26N2O.2ClH/c1-3-4-5-20(22-12-10-21-11-13-22)18-7-6-17-15-19(23-2)9-8-16(17)14-18;;/h3,6-9,14-15,20-21H,1,4-5,10-13H2,2H3;2*1H/t20-;;/m0../s1. The van der Waals surface area contributed by atoms with E-state index in [0.29, 0.717) is 6.04 Å². The molecule has 0 bridgehead atoms. The Bertz CT molecular complexity index is 672. The maximum absolute atomic E-state index is 5.32. The van der Waals surface area contributed by atoms with Crippen LogP contribution in [0.1, 0.15) is 24.4 Å². The molecule has 1 atom stereocenters. The van der Waals surface area contributed by atoms with Crippen molar-refractivity contribution in [1.29, 1.82) is 0 Å². The fraction of sp³-hybridized carbons (Fsp3) is 0.400. The van der Waals surface area contributed by atoms with E-state index in [4.69, 9.17) is 4.74 Å². The van der Waals surface area contributed by atoms with E-state index in [1.54, 1.807) is 7.11 Å². The van der Waals surface area contributed by atoms with Crippen LogP contribution < -0.4 is 10.1 Å². The van der Waals surface area contributed by atoms with E-state index in [1.807, 2.05) is 12.1 Å². The first-order valence-electron chi connectivity index (χ1n) is 8.45. The highest BCUT2D eigenvalue weighted by atomic mass is 35.5. The van der Waals surface area contributed by atoms with Crippen molar-refractivity contribution < 1.29 is 4.74 Å². The Morgan fingerprint density at radius 2 is 1.80 bits per heavy atom. The number of benzene rings is 2. The van der Waals surface area contributed by atoms with Gasteiger partial charge in [-0.3, -0.25) is 4.90 Å². The molecule has 2 aromatic rings. The molecule has 1 N–H and O–H groups in total. The molecule has 25 heavy (non-hydrogen) atoms. The molecule has 2 aromatic carbocycles. The van der Waals surface area contributed by atoms with Gasteiger partial charge in [-0.15, -0.1) is 31.4 Å². The van der Waals surface area contributed by atoms with Crippen molar-refractivity contribution in [2.75, 3.05) is 33.3 Å². The van der Waals surface area contributed by atoms with E-state index >= 15 is 0 Å². The highest BCUT2D eigenvalue weighted by Gasteiger charge is 2.21. The minimum atomic E-state index is 0. The highest BCUT2D eigenvalue weighted by molar-refractivity contribution is 5.86. The first-order chi connectivity index (χ1) is 11.3. The topological polar surface area (TPSA) is 24.5 Å². The summed E-state index contributed by atoms with van der Waals surface area (Å²) >= 11 is 0. The van der Waals surface area contributed by atoms with Crippen LogP contribution in [0.15, 0.2) is 49.1 Å². The summed E-state index contributed by atoms with van der Waals surface area (Å²) < 4.78 is 5.32. The Hall–Kier alpha value is -1.26. The van der Waals surface area contributed by atoms with Gasteiger partial charge in [-0.1, -0.05) is 24.3 Å².